The fraction of sp³-hybridized carbons (Fsp3) is 0.900. The van der Waals surface area contributed by atoms with E-state index in [9.17, 15) is 15.0 Å². The standard InChI is InChI=1S/C40H63N3O7/c1-23-17-26(34(36(5,6)46)48-24(2)44)49-32-31(23)37(7)13-14-40-21-39(40)12-11-29(35(3,4)27(39)9-10-28(40)38(37,8)33(32)45)50-30-20-43(15-16-47-30)19-25-18-41-22-42-25/h18,22-23,26-34,45-46H,9-17,19-21H2,1-8H3,(H,41,42)/t23-,26-,27+,28+,29+,30+,31+,32+,33+,34+,37-,38-,39-,40+/m1/s1. The van der Waals surface area contributed by atoms with Crippen LogP contribution in [0, 0.1) is 50.7 Å². The summed E-state index contributed by atoms with van der Waals surface area (Å²) in [5.41, 5.74) is 0.0944. The van der Waals surface area contributed by atoms with Gasteiger partial charge in [-0.25, -0.2) is 4.98 Å². The lowest BCUT2D eigenvalue weighted by Crippen LogP contribution is -2.60. The average molecular weight is 698 g/mol. The van der Waals surface area contributed by atoms with Crippen LogP contribution in [0.1, 0.15) is 112 Å². The van der Waals surface area contributed by atoms with Crippen molar-refractivity contribution in [2.24, 2.45) is 50.7 Å². The number of nitrogens with zero attached hydrogens (tertiary/aromatic N) is 2. The zero-order valence-corrected chi connectivity index (χ0v) is 31.7. The Morgan fingerprint density at radius 1 is 1.14 bits per heavy atom. The van der Waals surface area contributed by atoms with E-state index in [1.807, 2.05) is 6.20 Å². The number of fused-ring (bicyclic) bond motifs is 4. The second-order valence-corrected chi connectivity index (χ2v) is 19.5. The van der Waals surface area contributed by atoms with Crippen molar-refractivity contribution in [3.63, 3.8) is 0 Å². The Hall–Kier alpha value is -1.56. The Morgan fingerprint density at radius 2 is 1.88 bits per heavy atom. The summed E-state index contributed by atoms with van der Waals surface area (Å²) in [5, 5.41) is 23.7. The number of aromatic nitrogens is 2. The summed E-state index contributed by atoms with van der Waals surface area (Å²) in [5.74, 6) is 1.08. The van der Waals surface area contributed by atoms with Gasteiger partial charge in [0.2, 0.25) is 0 Å². The van der Waals surface area contributed by atoms with E-state index in [2.05, 4.69) is 49.5 Å². The van der Waals surface area contributed by atoms with Gasteiger partial charge >= 0.3 is 5.97 Å². The number of rotatable bonds is 7. The Balaban J connectivity index is 1.01. The number of nitrogens with one attached hydrogen (secondary N) is 1. The van der Waals surface area contributed by atoms with Crippen LogP contribution in [0.15, 0.2) is 12.5 Å². The van der Waals surface area contributed by atoms with Gasteiger partial charge in [0.05, 0.1) is 49.5 Å². The van der Waals surface area contributed by atoms with Crippen molar-refractivity contribution >= 4 is 5.97 Å². The molecule has 0 amide bonds. The van der Waals surface area contributed by atoms with Crippen LogP contribution in [0.5, 0.6) is 0 Å². The van der Waals surface area contributed by atoms with Crippen molar-refractivity contribution in [2.45, 2.75) is 156 Å². The third-order valence-corrected chi connectivity index (χ3v) is 16.5. The molecule has 0 aromatic carbocycles. The fourth-order valence-corrected chi connectivity index (χ4v) is 14.3. The highest BCUT2D eigenvalue weighted by Crippen LogP contribution is 2.89. The topological polar surface area (TPSA) is 126 Å². The molecule has 10 nitrogen and oxygen atoms in total. The van der Waals surface area contributed by atoms with E-state index < -0.39 is 29.9 Å². The van der Waals surface area contributed by atoms with E-state index in [4.69, 9.17) is 18.9 Å². The second-order valence-electron chi connectivity index (χ2n) is 19.5. The highest BCUT2D eigenvalue weighted by atomic mass is 16.7. The lowest BCUT2D eigenvalue weighted by molar-refractivity contribution is -0.249. The largest absolute Gasteiger partial charge is 0.457 e. The molecule has 2 spiro atoms. The third-order valence-electron chi connectivity index (χ3n) is 16.5. The molecule has 50 heavy (non-hydrogen) atoms. The number of hydrogen-bond acceptors (Lipinski definition) is 9. The highest BCUT2D eigenvalue weighted by molar-refractivity contribution is 5.66. The smallest absolute Gasteiger partial charge is 0.303 e. The molecule has 5 aliphatic carbocycles. The van der Waals surface area contributed by atoms with Gasteiger partial charge < -0.3 is 34.1 Å². The number of carbonyl (C=O) groups is 1. The summed E-state index contributed by atoms with van der Waals surface area (Å²) < 4.78 is 25.7. The number of hydrogen-bond donors (Lipinski definition) is 3. The van der Waals surface area contributed by atoms with E-state index in [0.717, 1.165) is 51.0 Å². The van der Waals surface area contributed by atoms with Gasteiger partial charge in [-0.05, 0) is 111 Å². The van der Waals surface area contributed by atoms with Gasteiger partial charge in [-0.3, -0.25) is 9.69 Å². The van der Waals surface area contributed by atoms with Gasteiger partial charge in [0.25, 0.3) is 0 Å². The molecular formula is C40H63N3O7. The maximum atomic E-state index is 12.6. The molecule has 7 fully saturated rings. The molecule has 0 radical (unpaired) electrons. The minimum atomic E-state index is -1.26. The molecule has 7 aliphatic rings. The number of imidazole rings is 1. The minimum absolute atomic E-state index is 0.0271. The van der Waals surface area contributed by atoms with Gasteiger partial charge in [-0.2, -0.15) is 0 Å². The van der Waals surface area contributed by atoms with Crippen molar-refractivity contribution in [3.05, 3.63) is 18.2 Å². The lowest BCUT2D eigenvalue weighted by atomic mass is 9.41. The Labute approximate surface area is 298 Å². The van der Waals surface area contributed by atoms with Crippen molar-refractivity contribution in [3.8, 4) is 0 Å². The molecule has 1 aromatic rings. The van der Waals surface area contributed by atoms with Gasteiger partial charge in [-0.1, -0.05) is 34.6 Å². The lowest BCUT2D eigenvalue weighted by Gasteiger charge is -2.64. The Bertz CT molecular complexity index is 1450. The first-order valence-electron chi connectivity index (χ1n) is 19.7. The number of aromatic amines is 1. The number of morpholine rings is 1. The average Bonchev–Trinajstić information content (AvgIpc) is 3.33. The van der Waals surface area contributed by atoms with Crippen LogP contribution in [0.4, 0.5) is 0 Å². The number of carbonyl (C=O) groups excluding carboxylic acids is 1. The van der Waals surface area contributed by atoms with Crippen LogP contribution in [0.25, 0.3) is 0 Å². The van der Waals surface area contributed by atoms with E-state index >= 15 is 0 Å². The van der Waals surface area contributed by atoms with Crippen molar-refractivity contribution in [2.75, 3.05) is 19.7 Å². The van der Waals surface area contributed by atoms with Gasteiger partial charge in [-0.15, -0.1) is 0 Å². The molecule has 0 bridgehead atoms. The number of ether oxygens (including phenoxy) is 4. The molecule has 14 atom stereocenters. The third kappa shape index (κ3) is 4.93. The van der Waals surface area contributed by atoms with E-state index in [0.29, 0.717) is 30.3 Å². The quantitative estimate of drug-likeness (QED) is 0.318. The van der Waals surface area contributed by atoms with Gasteiger partial charge in [0.1, 0.15) is 0 Å². The number of aliphatic hydroxyl groups is 2. The van der Waals surface area contributed by atoms with E-state index in [1.54, 1.807) is 20.2 Å². The number of aliphatic hydroxyl groups excluding tert-OH is 1. The van der Waals surface area contributed by atoms with Crippen molar-refractivity contribution in [1.29, 1.82) is 0 Å². The summed E-state index contributed by atoms with van der Waals surface area (Å²) in [6.45, 7) is 20.0. The zero-order chi connectivity index (χ0) is 35.6. The molecular weight excluding hydrogens is 634 g/mol. The van der Waals surface area contributed by atoms with E-state index in [-0.39, 0.29) is 52.0 Å². The van der Waals surface area contributed by atoms with Crippen LogP contribution in [-0.2, 0) is 30.3 Å². The first kappa shape index (κ1) is 35.5. The van der Waals surface area contributed by atoms with E-state index in [1.165, 1.54) is 26.2 Å². The van der Waals surface area contributed by atoms with Crippen LogP contribution >= 0.6 is 0 Å². The zero-order valence-electron chi connectivity index (χ0n) is 31.7. The molecule has 8 rings (SSSR count). The maximum absolute atomic E-state index is 12.6. The molecule has 5 saturated carbocycles. The fourth-order valence-electron chi connectivity index (χ4n) is 14.3. The summed E-state index contributed by atoms with van der Waals surface area (Å²) in [7, 11) is 0. The Kier molecular flexibility index (Phi) is 8.31. The minimum Gasteiger partial charge on any atom is -0.457 e. The maximum Gasteiger partial charge on any atom is 0.303 e. The number of H-pyrrole nitrogens is 1. The SMILES string of the molecule is CC(=O)O[C@@H]([C@H]1C[C@@H](C)[C@H]2[C@H](O1)[C@H](O)[C@@]1(C)[C@@H]3CC[C@H]4C(C)(C)[C@@H](O[C@H]5CN(Cc6cnc[nH]6)CCO5)CC[C@@]45C[C@@]35CC[C@]21C)C(C)(C)O. The van der Waals surface area contributed by atoms with Gasteiger partial charge in [0, 0.05) is 37.3 Å². The van der Waals surface area contributed by atoms with Gasteiger partial charge in [0.15, 0.2) is 12.4 Å². The van der Waals surface area contributed by atoms with Crippen LogP contribution in [0.3, 0.4) is 0 Å². The molecule has 1 aromatic heterocycles. The second kappa shape index (κ2) is 11.7. The summed E-state index contributed by atoms with van der Waals surface area (Å²) >= 11 is 0. The predicted molar refractivity (Wildman–Crippen MR) is 186 cm³/mol. The molecule has 3 heterocycles. The molecule has 0 unspecified atom stereocenters. The van der Waals surface area contributed by atoms with Crippen LogP contribution < -0.4 is 0 Å². The summed E-state index contributed by atoms with van der Waals surface area (Å²) in [4.78, 5) is 21.9. The first-order valence-corrected chi connectivity index (χ1v) is 19.7. The van der Waals surface area contributed by atoms with Crippen LogP contribution in [0.2, 0.25) is 0 Å². The summed E-state index contributed by atoms with van der Waals surface area (Å²) in [6.07, 6.45) is 10.2. The summed E-state index contributed by atoms with van der Waals surface area (Å²) in [6, 6.07) is 0. The molecule has 280 valence electrons. The van der Waals surface area contributed by atoms with Crippen molar-refractivity contribution in [1.82, 2.24) is 14.9 Å². The Morgan fingerprint density at radius 3 is 2.58 bits per heavy atom. The molecule has 2 aliphatic heterocycles. The molecule has 10 heteroatoms. The molecule has 3 N–H and O–H groups in total. The first-order chi connectivity index (χ1) is 23.5. The molecule has 2 saturated heterocycles. The predicted octanol–water partition coefficient (Wildman–Crippen LogP) is 5.47. The van der Waals surface area contributed by atoms with Crippen molar-refractivity contribution < 1.29 is 34.0 Å². The van der Waals surface area contributed by atoms with Crippen LogP contribution in [-0.4, -0.2) is 93.2 Å². The number of esters is 1. The monoisotopic (exact) mass is 697 g/mol. The highest BCUT2D eigenvalue weighted by Gasteiger charge is 2.84. The normalized spacial score (nSPS) is 48.7.